The zero-order valence-electron chi connectivity index (χ0n) is 21.6. The van der Waals surface area contributed by atoms with Crippen molar-refractivity contribution in [3.63, 3.8) is 0 Å². The summed E-state index contributed by atoms with van der Waals surface area (Å²) in [7, 11) is 0. The molecule has 1 nitrogen and oxygen atoms in total. The molecule has 2 N–H and O–H groups in total. The van der Waals surface area contributed by atoms with Gasteiger partial charge in [0.1, 0.15) is 0 Å². The summed E-state index contributed by atoms with van der Waals surface area (Å²) in [6.07, 6.45) is 9.38. The third-order valence-corrected chi connectivity index (χ3v) is 5.89. The van der Waals surface area contributed by atoms with Gasteiger partial charge in [0, 0.05) is 4.90 Å². The molecule has 3 rings (SSSR count). The quantitative estimate of drug-likeness (QED) is 0.234. The topological polar surface area (TPSA) is 26.0 Å². The molecule has 2 aromatic rings. The van der Waals surface area contributed by atoms with Crippen LogP contribution in [0, 0.1) is 11.8 Å². The molecule has 1 fully saturated rings. The SMILES string of the molecule is CC/C(C)=C(/CC(C)C)c1ccccc1.NCC1CCCCC1.Sc1ccccc1.[CH-]=S.[Na+]. The minimum Gasteiger partial charge on any atom is -0.442 e. The normalized spacial score (nSPS) is 13.5. The molecule has 4 heteroatoms. The summed E-state index contributed by atoms with van der Waals surface area (Å²) >= 11 is 7.67. The van der Waals surface area contributed by atoms with Crippen LogP contribution < -0.4 is 35.3 Å². The van der Waals surface area contributed by atoms with Gasteiger partial charge in [-0.1, -0.05) is 94.1 Å². The van der Waals surface area contributed by atoms with Gasteiger partial charge in [0.2, 0.25) is 0 Å². The third-order valence-electron chi connectivity index (χ3n) is 5.59. The summed E-state index contributed by atoms with van der Waals surface area (Å²) in [6.45, 7) is 9.97. The molecule has 0 spiro atoms. The molecule has 0 bridgehead atoms. The van der Waals surface area contributed by atoms with Crippen LogP contribution in [0.15, 0.2) is 71.1 Å². The van der Waals surface area contributed by atoms with E-state index in [-0.39, 0.29) is 29.6 Å². The smallest absolute Gasteiger partial charge is 0.442 e. The molecule has 0 aliphatic heterocycles. The maximum Gasteiger partial charge on any atom is 1.00 e. The van der Waals surface area contributed by atoms with Crippen LogP contribution in [0.4, 0.5) is 0 Å². The van der Waals surface area contributed by atoms with Gasteiger partial charge in [0.15, 0.2) is 0 Å². The Labute approximate surface area is 237 Å². The predicted molar refractivity (Wildman–Crippen MR) is 152 cm³/mol. The van der Waals surface area contributed by atoms with Crippen LogP contribution in [0.2, 0.25) is 0 Å². The fraction of sp³-hybridized carbons (Fsp3) is 0.483. The molecule has 0 radical (unpaired) electrons. The minimum absolute atomic E-state index is 0. The molecular weight excluding hydrogens is 449 g/mol. The summed E-state index contributed by atoms with van der Waals surface area (Å²) in [5, 5.41) is 0. The van der Waals surface area contributed by atoms with E-state index in [0.717, 1.165) is 29.7 Å². The fourth-order valence-corrected chi connectivity index (χ4v) is 3.82. The molecule has 2 aromatic carbocycles. The Bertz CT molecular complexity index is 711. The first-order chi connectivity index (χ1) is 15.5. The second-order valence-electron chi connectivity index (χ2n) is 8.65. The standard InChI is InChI=1S/C15H22.C7H15N.C6H6S.CHS.Na/c1-5-13(4)15(11-12(2)3)14-9-7-6-8-10-14;8-6-7-4-2-1-3-5-7;7-6-4-2-1-3-5-6;1-2;/h6-10,12H,5,11H2,1-4H3;7H,1-6,8H2;1-5,7H;1H;/q;;;-1;+1/b15-13-;;;;. The molecule has 0 unspecified atom stereocenters. The molecule has 0 aromatic heterocycles. The van der Waals surface area contributed by atoms with Crippen molar-refractivity contribution in [2.75, 3.05) is 6.54 Å². The van der Waals surface area contributed by atoms with E-state index in [1.54, 1.807) is 0 Å². The van der Waals surface area contributed by atoms with Crippen molar-refractivity contribution in [3.05, 3.63) is 71.8 Å². The average Bonchev–Trinajstić information content (AvgIpc) is 2.85. The second-order valence-corrected chi connectivity index (χ2v) is 9.17. The molecule has 1 aliphatic carbocycles. The molecule has 1 aliphatic rings. The van der Waals surface area contributed by atoms with Crippen molar-refractivity contribution in [3.8, 4) is 0 Å². The van der Waals surface area contributed by atoms with Crippen LogP contribution in [-0.4, -0.2) is 12.4 Å². The van der Waals surface area contributed by atoms with E-state index in [0.29, 0.717) is 0 Å². The van der Waals surface area contributed by atoms with Crippen molar-refractivity contribution < 1.29 is 29.6 Å². The first-order valence-corrected chi connectivity index (χ1v) is 12.8. The van der Waals surface area contributed by atoms with Crippen LogP contribution in [0.25, 0.3) is 5.57 Å². The van der Waals surface area contributed by atoms with E-state index in [9.17, 15) is 0 Å². The summed E-state index contributed by atoms with van der Waals surface area (Å²) in [5.41, 5.74) is 9.96. The molecule has 33 heavy (non-hydrogen) atoms. The zero-order chi connectivity index (χ0) is 24.2. The monoisotopic (exact) mass is 493 g/mol. The number of allylic oxidation sites excluding steroid dienone is 2. The Balaban J connectivity index is 0. The van der Waals surface area contributed by atoms with Gasteiger partial charge in [-0.05, 0) is 74.3 Å². The molecule has 178 valence electrons. The number of thiol groups is 1. The zero-order valence-corrected chi connectivity index (χ0v) is 25.3. The largest absolute Gasteiger partial charge is 1.00 e. The van der Waals surface area contributed by atoms with Crippen LogP contribution >= 0.6 is 24.8 Å². The molecule has 1 saturated carbocycles. The van der Waals surface area contributed by atoms with Gasteiger partial charge in [-0.25, -0.2) is 0 Å². The van der Waals surface area contributed by atoms with Gasteiger partial charge in [-0.15, -0.1) is 12.6 Å². The van der Waals surface area contributed by atoms with Crippen molar-refractivity contribution in [2.24, 2.45) is 17.6 Å². The van der Waals surface area contributed by atoms with Crippen LogP contribution in [0.5, 0.6) is 0 Å². The number of nitrogens with two attached hydrogens (primary N) is 1. The first-order valence-electron chi connectivity index (χ1n) is 11.9. The van der Waals surface area contributed by atoms with Crippen molar-refractivity contribution in [2.45, 2.75) is 77.5 Å². The van der Waals surface area contributed by atoms with Gasteiger partial charge in [0.05, 0.1) is 0 Å². The number of benzene rings is 2. The molecule has 0 saturated heterocycles. The minimum atomic E-state index is 0. The molecular formula is C29H44NNaS2. The van der Waals surface area contributed by atoms with E-state index >= 15 is 0 Å². The number of hydrogen-bond donors (Lipinski definition) is 2. The van der Waals surface area contributed by atoms with E-state index in [4.69, 9.17) is 5.73 Å². The van der Waals surface area contributed by atoms with Gasteiger partial charge in [-0.3, -0.25) is 0 Å². The Morgan fingerprint density at radius 2 is 1.45 bits per heavy atom. The second kappa shape index (κ2) is 23.3. The van der Waals surface area contributed by atoms with Crippen LogP contribution in [0.3, 0.4) is 0 Å². The van der Waals surface area contributed by atoms with Gasteiger partial charge in [0.25, 0.3) is 0 Å². The van der Waals surface area contributed by atoms with Crippen molar-refractivity contribution >= 4 is 36.3 Å². The van der Waals surface area contributed by atoms with Crippen LogP contribution in [-0.2, 0) is 0 Å². The van der Waals surface area contributed by atoms with Gasteiger partial charge in [-0.2, -0.15) is 0 Å². The number of rotatable bonds is 5. The third kappa shape index (κ3) is 17.6. The van der Waals surface area contributed by atoms with Gasteiger partial charge < -0.3 is 23.8 Å². The van der Waals surface area contributed by atoms with Gasteiger partial charge >= 0.3 is 29.6 Å². The van der Waals surface area contributed by atoms with E-state index in [1.807, 2.05) is 30.3 Å². The van der Waals surface area contributed by atoms with E-state index in [2.05, 4.69) is 88.7 Å². The number of hydrogen-bond acceptors (Lipinski definition) is 3. The summed E-state index contributed by atoms with van der Waals surface area (Å²) < 4.78 is 0. The van der Waals surface area contributed by atoms with Crippen molar-refractivity contribution in [1.82, 2.24) is 0 Å². The first kappa shape index (κ1) is 34.7. The Hall–Kier alpha value is -0.420. The summed E-state index contributed by atoms with van der Waals surface area (Å²) in [6, 6.07) is 20.6. The fourth-order valence-electron chi connectivity index (χ4n) is 3.65. The Kier molecular flexibility index (Phi) is 24.6. The van der Waals surface area contributed by atoms with Crippen LogP contribution in [0.1, 0.15) is 78.2 Å². The predicted octanol–water partition coefficient (Wildman–Crippen LogP) is 5.91. The Morgan fingerprint density at radius 1 is 0.970 bits per heavy atom. The molecule has 0 atom stereocenters. The number of thiocarbonyl (C=S) groups is 1. The maximum absolute atomic E-state index is 5.50. The summed E-state index contributed by atoms with van der Waals surface area (Å²) in [5.74, 6) is 5.67. The molecule has 0 heterocycles. The maximum atomic E-state index is 5.50. The molecule has 0 amide bonds. The average molecular weight is 494 g/mol. The van der Waals surface area contributed by atoms with Crippen molar-refractivity contribution in [1.29, 1.82) is 0 Å². The Morgan fingerprint density at radius 3 is 1.79 bits per heavy atom. The summed E-state index contributed by atoms with van der Waals surface area (Å²) in [4.78, 5) is 1.02. The van der Waals surface area contributed by atoms with E-state index in [1.165, 1.54) is 55.2 Å². The van der Waals surface area contributed by atoms with E-state index < -0.39 is 0 Å².